The maximum atomic E-state index is 12.3. The zero-order chi connectivity index (χ0) is 19.8. The molecule has 0 aliphatic carbocycles. The highest BCUT2D eigenvalue weighted by Crippen LogP contribution is 2.28. The highest BCUT2D eigenvalue weighted by molar-refractivity contribution is 5.93. The summed E-state index contributed by atoms with van der Waals surface area (Å²) in [7, 11) is 0. The van der Waals surface area contributed by atoms with E-state index in [0.717, 1.165) is 17.1 Å². The molecule has 28 heavy (non-hydrogen) atoms. The lowest BCUT2D eigenvalue weighted by molar-refractivity contribution is 0.0954. The molecule has 0 atom stereocenters. The van der Waals surface area contributed by atoms with Crippen LogP contribution in [0, 0.1) is 0 Å². The van der Waals surface area contributed by atoms with Crippen LogP contribution in [0.1, 0.15) is 29.8 Å². The van der Waals surface area contributed by atoms with Crippen LogP contribution in [-0.2, 0) is 6.42 Å². The second kappa shape index (κ2) is 9.55. The third kappa shape index (κ3) is 4.88. The maximum absolute atomic E-state index is 12.3. The van der Waals surface area contributed by atoms with E-state index in [9.17, 15) is 4.79 Å². The molecule has 146 valence electrons. The zero-order valence-corrected chi connectivity index (χ0v) is 16.1. The first-order valence-electron chi connectivity index (χ1n) is 9.34. The van der Waals surface area contributed by atoms with E-state index in [1.54, 1.807) is 35.4 Å². The molecule has 2 aromatic heterocycles. The Kier molecular flexibility index (Phi) is 6.62. The number of nitrogens with zero attached hydrogens (tertiary/aromatic N) is 3. The van der Waals surface area contributed by atoms with Crippen molar-refractivity contribution in [2.75, 3.05) is 19.8 Å². The normalized spacial score (nSPS) is 10.5. The molecule has 0 saturated carbocycles. The molecule has 0 bridgehead atoms. The largest absolute Gasteiger partial charge is 0.490 e. The van der Waals surface area contributed by atoms with Crippen molar-refractivity contribution in [1.82, 2.24) is 20.1 Å². The van der Waals surface area contributed by atoms with Crippen LogP contribution in [0.5, 0.6) is 11.5 Å². The molecule has 0 spiro atoms. The van der Waals surface area contributed by atoms with E-state index < -0.39 is 0 Å². The summed E-state index contributed by atoms with van der Waals surface area (Å²) in [6.07, 6.45) is 5.73. The molecule has 3 aromatic rings. The van der Waals surface area contributed by atoms with Crippen LogP contribution in [0.4, 0.5) is 0 Å². The Morgan fingerprint density at radius 2 is 1.93 bits per heavy atom. The van der Waals surface area contributed by atoms with Gasteiger partial charge >= 0.3 is 0 Å². The van der Waals surface area contributed by atoms with Crippen molar-refractivity contribution in [2.45, 2.75) is 20.3 Å². The molecular formula is C21H24N4O3. The molecule has 0 unspecified atom stereocenters. The van der Waals surface area contributed by atoms with Crippen molar-refractivity contribution in [3.63, 3.8) is 0 Å². The lowest BCUT2D eigenvalue weighted by Gasteiger charge is -2.12. The Balaban J connectivity index is 1.55. The Labute approximate surface area is 164 Å². The third-order valence-corrected chi connectivity index (χ3v) is 4.06. The molecule has 1 N–H and O–H groups in total. The summed E-state index contributed by atoms with van der Waals surface area (Å²) in [6.45, 7) is 5.55. The predicted octanol–water partition coefficient (Wildman–Crippen LogP) is 3.04. The number of aromatic nitrogens is 3. The second-order valence-electron chi connectivity index (χ2n) is 6.01. The average molecular weight is 380 g/mol. The van der Waals surface area contributed by atoms with Gasteiger partial charge in [-0.15, -0.1) is 0 Å². The molecular weight excluding hydrogens is 356 g/mol. The molecule has 0 fully saturated rings. The Hall–Kier alpha value is -3.35. The van der Waals surface area contributed by atoms with E-state index in [0.29, 0.717) is 37.6 Å². The number of hydrogen-bond donors (Lipinski definition) is 1. The number of benzene rings is 1. The summed E-state index contributed by atoms with van der Waals surface area (Å²) in [5.41, 5.74) is 1.58. The lowest BCUT2D eigenvalue weighted by atomic mass is 10.1. The third-order valence-electron chi connectivity index (χ3n) is 4.06. The summed E-state index contributed by atoms with van der Waals surface area (Å²) in [5.74, 6) is 1.97. The number of amides is 1. The fourth-order valence-corrected chi connectivity index (χ4v) is 2.73. The number of hydrogen-bond acceptors (Lipinski definition) is 5. The van der Waals surface area contributed by atoms with Crippen LogP contribution in [0.15, 0.2) is 55.0 Å². The highest BCUT2D eigenvalue weighted by Gasteiger charge is 2.09. The van der Waals surface area contributed by atoms with Gasteiger partial charge in [0.15, 0.2) is 17.3 Å². The summed E-state index contributed by atoms with van der Waals surface area (Å²) < 4.78 is 12.9. The van der Waals surface area contributed by atoms with E-state index in [4.69, 9.17) is 9.47 Å². The second-order valence-corrected chi connectivity index (χ2v) is 6.01. The first-order valence-corrected chi connectivity index (χ1v) is 9.34. The fourth-order valence-electron chi connectivity index (χ4n) is 2.73. The average Bonchev–Trinajstić information content (AvgIpc) is 3.25. The molecule has 7 heteroatoms. The maximum Gasteiger partial charge on any atom is 0.252 e. The van der Waals surface area contributed by atoms with Crippen molar-refractivity contribution in [1.29, 1.82) is 0 Å². The predicted molar refractivity (Wildman–Crippen MR) is 106 cm³/mol. The summed E-state index contributed by atoms with van der Waals surface area (Å²) in [4.78, 5) is 16.6. The van der Waals surface area contributed by atoms with Gasteiger partial charge in [0.2, 0.25) is 0 Å². The summed E-state index contributed by atoms with van der Waals surface area (Å²) >= 11 is 0. The van der Waals surface area contributed by atoms with Crippen molar-refractivity contribution < 1.29 is 14.3 Å². The van der Waals surface area contributed by atoms with Gasteiger partial charge in [-0.25, -0.2) is 9.67 Å². The van der Waals surface area contributed by atoms with Gasteiger partial charge in [0, 0.05) is 25.1 Å². The number of nitrogens with one attached hydrogen (secondary N) is 1. The molecule has 0 aliphatic rings. The van der Waals surface area contributed by atoms with Crippen LogP contribution in [0.2, 0.25) is 0 Å². The van der Waals surface area contributed by atoms with Gasteiger partial charge in [-0.2, -0.15) is 5.10 Å². The zero-order valence-electron chi connectivity index (χ0n) is 16.1. The van der Waals surface area contributed by atoms with Gasteiger partial charge in [-0.05, 0) is 56.2 Å². The van der Waals surface area contributed by atoms with E-state index >= 15 is 0 Å². The van der Waals surface area contributed by atoms with E-state index in [-0.39, 0.29) is 5.91 Å². The van der Waals surface area contributed by atoms with E-state index in [1.807, 2.05) is 38.1 Å². The van der Waals surface area contributed by atoms with Crippen LogP contribution in [0.25, 0.3) is 5.82 Å². The molecule has 2 heterocycles. The molecule has 3 rings (SSSR count). The van der Waals surface area contributed by atoms with E-state index in [2.05, 4.69) is 15.4 Å². The highest BCUT2D eigenvalue weighted by atomic mass is 16.5. The van der Waals surface area contributed by atoms with Crippen molar-refractivity contribution in [3.8, 4) is 17.3 Å². The van der Waals surface area contributed by atoms with Gasteiger partial charge < -0.3 is 14.8 Å². The summed E-state index contributed by atoms with van der Waals surface area (Å²) in [6, 6.07) is 11.2. The molecule has 7 nitrogen and oxygen atoms in total. The SMILES string of the molecule is CCOc1ccc(CCNC(=O)c2ccc(-n3cccn3)nc2)cc1OCC. The molecule has 0 radical (unpaired) electrons. The van der Waals surface area contributed by atoms with Crippen molar-refractivity contribution >= 4 is 5.91 Å². The minimum Gasteiger partial charge on any atom is -0.490 e. The summed E-state index contributed by atoms with van der Waals surface area (Å²) in [5, 5.41) is 7.04. The Bertz CT molecular complexity index is 893. The molecule has 0 saturated heterocycles. The minimum atomic E-state index is -0.157. The molecule has 1 aromatic carbocycles. The van der Waals surface area contributed by atoms with Crippen molar-refractivity contribution in [2.24, 2.45) is 0 Å². The van der Waals surface area contributed by atoms with Crippen LogP contribution in [-0.4, -0.2) is 40.4 Å². The van der Waals surface area contributed by atoms with Crippen LogP contribution < -0.4 is 14.8 Å². The number of carbonyl (C=O) groups is 1. The van der Waals surface area contributed by atoms with Gasteiger partial charge in [-0.3, -0.25) is 4.79 Å². The Morgan fingerprint density at radius 3 is 2.61 bits per heavy atom. The fraction of sp³-hybridized carbons (Fsp3) is 0.286. The number of carbonyl (C=O) groups excluding carboxylic acids is 1. The van der Waals surface area contributed by atoms with Crippen molar-refractivity contribution in [3.05, 3.63) is 66.1 Å². The topological polar surface area (TPSA) is 78.3 Å². The standard InChI is InChI=1S/C21H24N4O3/c1-3-27-18-8-6-16(14-19(18)28-4-2)10-12-22-21(26)17-7-9-20(23-15-17)25-13-5-11-24-25/h5-9,11,13-15H,3-4,10,12H2,1-2H3,(H,22,26). The first-order chi connectivity index (χ1) is 13.7. The van der Waals surface area contributed by atoms with Gasteiger partial charge in [0.05, 0.1) is 18.8 Å². The smallest absolute Gasteiger partial charge is 0.252 e. The molecule has 0 aliphatic heterocycles. The minimum absolute atomic E-state index is 0.157. The van der Waals surface area contributed by atoms with Crippen LogP contribution in [0.3, 0.4) is 0 Å². The quantitative estimate of drug-likeness (QED) is 0.617. The first kappa shape index (κ1) is 19.4. The monoisotopic (exact) mass is 380 g/mol. The van der Waals surface area contributed by atoms with Crippen LogP contribution >= 0.6 is 0 Å². The number of pyridine rings is 1. The number of ether oxygens (including phenoxy) is 2. The lowest BCUT2D eigenvalue weighted by Crippen LogP contribution is -2.25. The molecule has 1 amide bonds. The number of rotatable bonds is 9. The van der Waals surface area contributed by atoms with E-state index in [1.165, 1.54) is 0 Å². The van der Waals surface area contributed by atoms with Gasteiger partial charge in [0.1, 0.15) is 0 Å². The van der Waals surface area contributed by atoms with Gasteiger partial charge in [0.25, 0.3) is 5.91 Å². The Morgan fingerprint density at radius 1 is 1.11 bits per heavy atom. The van der Waals surface area contributed by atoms with Gasteiger partial charge in [-0.1, -0.05) is 6.07 Å².